The van der Waals surface area contributed by atoms with Gasteiger partial charge in [0.25, 0.3) is 0 Å². The third kappa shape index (κ3) is 4.46. The van der Waals surface area contributed by atoms with Gasteiger partial charge in [-0.3, -0.25) is 4.99 Å². The molecular formula is C22H19NO5-2. The van der Waals surface area contributed by atoms with Crippen molar-refractivity contribution in [1.29, 1.82) is 0 Å². The molecule has 0 spiro atoms. The standard InChI is InChI=1S/C22H21NO5/c1-13-3-6-15(7-4-13)20-12-18(16-11-14(2)5-9-19(16)28-20)23-17(22(26)27)8-10-21(24)25/h3-7,9,11-12,17H,8,10H2,1-2H3,(H,24,25)(H,26,27)/p-2/t17-/m1/s1. The van der Waals surface area contributed by atoms with Gasteiger partial charge in [-0.25, -0.2) is 0 Å². The molecule has 0 aliphatic carbocycles. The molecule has 6 heteroatoms. The van der Waals surface area contributed by atoms with E-state index in [1.807, 2.05) is 50.2 Å². The molecule has 0 amide bonds. The van der Waals surface area contributed by atoms with Crippen molar-refractivity contribution in [2.45, 2.75) is 32.7 Å². The molecule has 0 unspecified atom stereocenters. The molecule has 0 saturated heterocycles. The number of benzene rings is 2. The molecule has 6 nitrogen and oxygen atoms in total. The van der Waals surface area contributed by atoms with E-state index in [1.54, 1.807) is 12.1 Å². The number of carbonyl (C=O) groups excluding carboxylic acids is 2. The lowest BCUT2D eigenvalue weighted by atomic mass is 10.1. The lowest BCUT2D eigenvalue weighted by Gasteiger charge is -2.14. The quantitative estimate of drug-likeness (QED) is 0.643. The van der Waals surface area contributed by atoms with Crippen LogP contribution in [0.1, 0.15) is 24.0 Å². The number of rotatable bonds is 6. The van der Waals surface area contributed by atoms with Crippen molar-refractivity contribution in [3.05, 3.63) is 65.0 Å². The highest BCUT2D eigenvalue weighted by Crippen LogP contribution is 2.23. The van der Waals surface area contributed by atoms with Gasteiger partial charge in [0.05, 0.1) is 17.4 Å². The summed E-state index contributed by atoms with van der Waals surface area (Å²) in [6.45, 7) is 3.88. The number of fused-ring (bicyclic) bond motifs is 1. The molecule has 0 saturated carbocycles. The molecule has 1 aromatic heterocycles. The first-order valence-corrected chi connectivity index (χ1v) is 8.89. The minimum atomic E-state index is -1.43. The molecule has 144 valence electrons. The summed E-state index contributed by atoms with van der Waals surface area (Å²) in [4.78, 5) is 26.5. The van der Waals surface area contributed by atoms with E-state index in [1.165, 1.54) is 0 Å². The van der Waals surface area contributed by atoms with Crippen LogP contribution in [0.25, 0.3) is 22.3 Å². The highest BCUT2D eigenvalue weighted by Gasteiger charge is 2.11. The zero-order valence-corrected chi connectivity index (χ0v) is 15.6. The van der Waals surface area contributed by atoms with Gasteiger partial charge in [-0.2, -0.15) is 0 Å². The molecule has 1 heterocycles. The smallest absolute Gasteiger partial charge is 0.136 e. The normalized spacial score (nSPS) is 12.9. The molecule has 3 rings (SSSR count). The molecule has 0 N–H and O–H groups in total. The Kier molecular flexibility index (Phi) is 5.59. The Balaban J connectivity index is 2.20. The Morgan fingerprint density at radius 2 is 1.68 bits per heavy atom. The van der Waals surface area contributed by atoms with E-state index >= 15 is 0 Å². The van der Waals surface area contributed by atoms with Crippen LogP contribution < -0.4 is 15.6 Å². The molecule has 0 aliphatic heterocycles. The third-order valence-corrected chi connectivity index (χ3v) is 4.42. The summed E-state index contributed by atoms with van der Waals surface area (Å²) >= 11 is 0. The lowest BCUT2D eigenvalue weighted by Crippen LogP contribution is -2.37. The average molecular weight is 377 g/mol. The molecule has 28 heavy (non-hydrogen) atoms. The Hall–Kier alpha value is -3.41. The molecule has 3 aromatic rings. The van der Waals surface area contributed by atoms with Crippen molar-refractivity contribution in [2.24, 2.45) is 4.99 Å². The number of hydrogen-bond donors (Lipinski definition) is 0. The van der Waals surface area contributed by atoms with Crippen LogP contribution in [0.3, 0.4) is 0 Å². The van der Waals surface area contributed by atoms with Crippen LogP contribution in [-0.2, 0) is 9.59 Å². The highest BCUT2D eigenvalue weighted by atomic mass is 16.4. The summed E-state index contributed by atoms with van der Waals surface area (Å²) in [6.07, 6.45) is -0.620. The van der Waals surface area contributed by atoms with Crippen LogP contribution in [0.5, 0.6) is 0 Å². The largest absolute Gasteiger partial charge is 0.550 e. The summed E-state index contributed by atoms with van der Waals surface area (Å²) in [6, 6.07) is 13.6. The van der Waals surface area contributed by atoms with E-state index in [-0.39, 0.29) is 6.42 Å². The molecule has 1 atom stereocenters. The second-order valence-corrected chi connectivity index (χ2v) is 6.74. The molecule has 0 fully saturated rings. The van der Waals surface area contributed by atoms with E-state index in [0.29, 0.717) is 22.1 Å². The van der Waals surface area contributed by atoms with Crippen LogP contribution in [0.4, 0.5) is 0 Å². The third-order valence-electron chi connectivity index (χ3n) is 4.42. The van der Waals surface area contributed by atoms with E-state index in [9.17, 15) is 19.8 Å². The minimum Gasteiger partial charge on any atom is -0.550 e. The van der Waals surface area contributed by atoms with E-state index in [4.69, 9.17) is 4.42 Å². The number of nitrogens with zero attached hydrogens (tertiary/aromatic N) is 1. The second-order valence-electron chi connectivity index (χ2n) is 6.74. The number of carboxylic acids is 2. The first-order chi connectivity index (χ1) is 13.3. The fourth-order valence-electron chi connectivity index (χ4n) is 2.91. The van der Waals surface area contributed by atoms with Gasteiger partial charge in [0.1, 0.15) is 11.3 Å². The number of hydrogen-bond acceptors (Lipinski definition) is 6. The number of aliphatic carboxylic acids is 2. The number of carbonyl (C=O) groups is 2. The van der Waals surface area contributed by atoms with Crippen molar-refractivity contribution in [1.82, 2.24) is 0 Å². The van der Waals surface area contributed by atoms with Gasteiger partial charge < -0.3 is 24.2 Å². The number of carboxylic acid groups (broad SMARTS) is 2. The van der Waals surface area contributed by atoms with Crippen molar-refractivity contribution >= 4 is 22.9 Å². The lowest BCUT2D eigenvalue weighted by molar-refractivity contribution is -0.309. The zero-order valence-electron chi connectivity index (χ0n) is 15.6. The fourth-order valence-corrected chi connectivity index (χ4v) is 2.91. The second kappa shape index (κ2) is 8.08. The predicted octanol–water partition coefficient (Wildman–Crippen LogP) is 1.27. The highest BCUT2D eigenvalue weighted by molar-refractivity contribution is 5.80. The molecule has 0 aliphatic rings. The Bertz CT molecular complexity index is 1100. The van der Waals surface area contributed by atoms with Crippen LogP contribution in [0, 0.1) is 13.8 Å². The summed E-state index contributed by atoms with van der Waals surface area (Å²) in [5.74, 6) is -2.22. The number of aryl methyl sites for hydroxylation is 2. The van der Waals surface area contributed by atoms with Gasteiger partial charge >= 0.3 is 0 Å². The minimum absolute atomic E-state index is 0.204. The predicted molar refractivity (Wildman–Crippen MR) is 99.7 cm³/mol. The van der Waals surface area contributed by atoms with Gasteiger partial charge in [-0.15, -0.1) is 0 Å². The van der Waals surface area contributed by atoms with E-state index in [2.05, 4.69) is 4.99 Å². The maximum absolute atomic E-state index is 11.5. The first-order valence-electron chi connectivity index (χ1n) is 8.89. The van der Waals surface area contributed by atoms with Crippen molar-refractivity contribution in [2.75, 3.05) is 0 Å². The summed E-state index contributed by atoms with van der Waals surface area (Å²) in [5, 5.41) is 23.3. The fraction of sp³-hybridized carbons (Fsp3) is 0.227. The molecular weight excluding hydrogens is 358 g/mol. The van der Waals surface area contributed by atoms with Gasteiger partial charge in [-0.05, 0) is 38.8 Å². The van der Waals surface area contributed by atoms with Crippen LogP contribution >= 0.6 is 0 Å². The monoisotopic (exact) mass is 377 g/mol. The average Bonchev–Trinajstić information content (AvgIpc) is 2.65. The maximum atomic E-state index is 11.5. The molecule has 0 radical (unpaired) electrons. The van der Waals surface area contributed by atoms with Crippen LogP contribution in [0.2, 0.25) is 0 Å². The van der Waals surface area contributed by atoms with Crippen molar-refractivity contribution in [3.63, 3.8) is 0 Å². The SMILES string of the molecule is Cc1ccc(-c2cc(=N[C@H](CCC(=O)[O-])C(=O)[O-])c3cc(C)ccc3o2)cc1. The van der Waals surface area contributed by atoms with Crippen molar-refractivity contribution in [3.8, 4) is 11.3 Å². The van der Waals surface area contributed by atoms with Gasteiger partial charge in [0.15, 0.2) is 0 Å². The van der Waals surface area contributed by atoms with E-state index in [0.717, 1.165) is 16.7 Å². The van der Waals surface area contributed by atoms with Crippen LogP contribution in [0.15, 0.2) is 57.9 Å². The van der Waals surface area contributed by atoms with Crippen LogP contribution in [-0.4, -0.2) is 18.0 Å². The zero-order chi connectivity index (χ0) is 20.3. The Labute approximate surface area is 161 Å². The van der Waals surface area contributed by atoms with Crippen molar-refractivity contribution < 1.29 is 24.2 Å². The summed E-state index contributed by atoms with van der Waals surface area (Å²) < 4.78 is 6.00. The Morgan fingerprint density at radius 3 is 2.32 bits per heavy atom. The first kappa shape index (κ1) is 19.4. The molecule has 2 aromatic carbocycles. The molecule has 0 bridgehead atoms. The Morgan fingerprint density at radius 1 is 1.00 bits per heavy atom. The summed E-state index contributed by atoms with van der Waals surface area (Å²) in [5.41, 5.74) is 3.44. The van der Waals surface area contributed by atoms with Gasteiger partial charge in [0.2, 0.25) is 0 Å². The topological polar surface area (TPSA) is 106 Å². The van der Waals surface area contributed by atoms with E-state index < -0.39 is 24.4 Å². The summed E-state index contributed by atoms with van der Waals surface area (Å²) in [7, 11) is 0. The van der Waals surface area contributed by atoms with Gasteiger partial charge in [0, 0.05) is 23.0 Å². The van der Waals surface area contributed by atoms with Gasteiger partial charge in [-0.1, -0.05) is 41.5 Å². The maximum Gasteiger partial charge on any atom is 0.136 e.